The lowest BCUT2D eigenvalue weighted by Crippen LogP contribution is -2.51. The molecule has 3 aromatic rings. The Hall–Kier alpha value is -3.17. The molecule has 2 amide bonds. The number of rotatable bonds is 10. The van der Waals surface area contributed by atoms with Crippen LogP contribution in [0.1, 0.15) is 24.5 Å². The molecule has 0 radical (unpaired) electrons. The molecular formula is C27H30BrN3O4S. The van der Waals surface area contributed by atoms with Crippen LogP contribution in [-0.2, 0) is 26.2 Å². The van der Waals surface area contributed by atoms with E-state index in [0.29, 0.717) is 16.6 Å². The van der Waals surface area contributed by atoms with Crippen molar-refractivity contribution in [3.8, 4) is 0 Å². The highest BCUT2D eigenvalue weighted by atomic mass is 79.9. The summed E-state index contributed by atoms with van der Waals surface area (Å²) in [4.78, 5) is 28.0. The van der Waals surface area contributed by atoms with Crippen molar-refractivity contribution in [1.29, 1.82) is 0 Å². The molecule has 3 rings (SSSR count). The summed E-state index contributed by atoms with van der Waals surface area (Å²) in [5.41, 5.74) is 2.10. The van der Waals surface area contributed by atoms with Crippen molar-refractivity contribution >= 4 is 43.5 Å². The van der Waals surface area contributed by atoms with E-state index in [1.807, 2.05) is 44.2 Å². The molecule has 0 saturated carbocycles. The van der Waals surface area contributed by atoms with Gasteiger partial charge in [-0.15, -0.1) is 0 Å². The lowest BCUT2D eigenvalue weighted by Gasteiger charge is -2.33. The number of benzene rings is 3. The molecule has 7 nitrogen and oxygen atoms in total. The van der Waals surface area contributed by atoms with Crippen molar-refractivity contribution in [2.75, 3.05) is 17.9 Å². The van der Waals surface area contributed by atoms with Gasteiger partial charge in [-0.2, -0.15) is 0 Å². The van der Waals surface area contributed by atoms with Crippen LogP contribution >= 0.6 is 15.9 Å². The Morgan fingerprint density at radius 3 is 2.22 bits per heavy atom. The van der Waals surface area contributed by atoms with E-state index in [-0.39, 0.29) is 17.3 Å². The molecule has 9 heteroatoms. The molecule has 0 aliphatic carbocycles. The quantitative estimate of drug-likeness (QED) is 0.388. The highest BCUT2D eigenvalue weighted by Crippen LogP contribution is 2.27. The summed E-state index contributed by atoms with van der Waals surface area (Å²) in [5, 5.41) is 2.62. The van der Waals surface area contributed by atoms with Crippen molar-refractivity contribution in [3.63, 3.8) is 0 Å². The summed E-state index contributed by atoms with van der Waals surface area (Å²) >= 11 is 3.40. The largest absolute Gasteiger partial charge is 0.357 e. The molecule has 0 aliphatic rings. The number of carbonyl (C=O) groups excluding carboxylic acids is 2. The first kappa shape index (κ1) is 27.4. The zero-order valence-electron chi connectivity index (χ0n) is 20.5. The summed E-state index contributed by atoms with van der Waals surface area (Å²) in [7, 11) is -2.56. The van der Waals surface area contributed by atoms with Crippen molar-refractivity contribution < 1.29 is 18.0 Å². The molecule has 0 unspecified atom stereocenters. The molecule has 0 bridgehead atoms. The fourth-order valence-electron chi connectivity index (χ4n) is 3.86. The average molecular weight is 573 g/mol. The van der Waals surface area contributed by atoms with Crippen LogP contribution in [0, 0.1) is 6.92 Å². The number of hydrogen-bond donors (Lipinski definition) is 1. The Morgan fingerprint density at radius 1 is 0.972 bits per heavy atom. The third kappa shape index (κ3) is 6.53. The maximum absolute atomic E-state index is 13.8. The minimum absolute atomic E-state index is 0.0776. The summed E-state index contributed by atoms with van der Waals surface area (Å²) in [6.07, 6.45) is 0.375. The van der Waals surface area contributed by atoms with E-state index >= 15 is 0 Å². The number of sulfonamides is 1. The second kappa shape index (κ2) is 12.2. The van der Waals surface area contributed by atoms with Crippen LogP contribution in [0.3, 0.4) is 0 Å². The molecule has 1 atom stereocenters. The van der Waals surface area contributed by atoms with Gasteiger partial charge in [-0.05, 0) is 49.2 Å². The Labute approximate surface area is 221 Å². The Balaban J connectivity index is 2.05. The first-order valence-corrected chi connectivity index (χ1v) is 13.8. The molecule has 190 valence electrons. The van der Waals surface area contributed by atoms with Crippen LogP contribution in [0.25, 0.3) is 0 Å². The number of halogens is 1. The molecule has 0 aromatic heterocycles. The monoisotopic (exact) mass is 571 g/mol. The molecule has 1 N–H and O–H groups in total. The number of carbonyl (C=O) groups is 2. The molecular weight excluding hydrogens is 542 g/mol. The van der Waals surface area contributed by atoms with E-state index < -0.39 is 28.5 Å². The predicted molar refractivity (Wildman–Crippen MR) is 145 cm³/mol. The first-order chi connectivity index (χ1) is 17.2. The number of nitrogens with zero attached hydrogens (tertiary/aromatic N) is 2. The molecule has 3 aromatic carbocycles. The Kier molecular flexibility index (Phi) is 9.28. The van der Waals surface area contributed by atoms with Crippen LogP contribution in [0.4, 0.5) is 5.69 Å². The predicted octanol–water partition coefficient (Wildman–Crippen LogP) is 4.51. The number of nitrogens with one attached hydrogen (secondary N) is 1. The third-order valence-electron chi connectivity index (χ3n) is 5.81. The summed E-state index contributed by atoms with van der Waals surface area (Å²) in [5.74, 6) is -0.790. The minimum Gasteiger partial charge on any atom is -0.357 e. The van der Waals surface area contributed by atoms with E-state index in [0.717, 1.165) is 15.4 Å². The van der Waals surface area contributed by atoms with E-state index in [1.54, 1.807) is 36.4 Å². The Bertz CT molecular complexity index is 1300. The Morgan fingerprint density at radius 2 is 1.64 bits per heavy atom. The van der Waals surface area contributed by atoms with Crippen LogP contribution in [0.5, 0.6) is 0 Å². The number of aryl methyl sites for hydroxylation is 1. The lowest BCUT2D eigenvalue weighted by molar-refractivity contribution is -0.140. The van der Waals surface area contributed by atoms with Crippen LogP contribution < -0.4 is 9.62 Å². The lowest BCUT2D eigenvalue weighted by atomic mass is 10.1. The summed E-state index contributed by atoms with van der Waals surface area (Å²) < 4.78 is 29.3. The number of hydrogen-bond acceptors (Lipinski definition) is 4. The van der Waals surface area contributed by atoms with Gasteiger partial charge in [-0.25, -0.2) is 8.42 Å². The van der Waals surface area contributed by atoms with Crippen molar-refractivity contribution in [2.45, 2.75) is 37.8 Å². The standard InChI is InChI=1S/C27H30BrN3O4S/c1-4-25(27(33)29-3)30(18-21-9-6-5-7-10-21)26(32)19-31(23-12-8-11-22(28)17-23)36(34,35)24-15-13-20(2)14-16-24/h5-17,25H,4,18-19H2,1-3H3,(H,29,33)/t25-/m0/s1. The van der Waals surface area contributed by atoms with Gasteiger partial charge in [-0.3, -0.25) is 13.9 Å². The van der Waals surface area contributed by atoms with Gasteiger partial charge in [0.1, 0.15) is 12.6 Å². The van der Waals surface area contributed by atoms with Crippen molar-refractivity contribution in [2.24, 2.45) is 0 Å². The molecule has 36 heavy (non-hydrogen) atoms. The van der Waals surface area contributed by atoms with E-state index in [1.165, 1.54) is 24.1 Å². The zero-order chi connectivity index (χ0) is 26.3. The number of anilines is 1. The maximum Gasteiger partial charge on any atom is 0.264 e. The zero-order valence-corrected chi connectivity index (χ0v) is 22.9. The molecule has 0 heterocycles. The van der Waals surface area contributed by atoms with Crippen LogP contribution in [0.15, 0.2) is 88.2 Å². The van der Waals surface area contributed by atoms with Crippen LogP contribution in [-0.4, -0.2) is 44.8 Å². The van der Waals surface area contributed by atoms with Gasteiger partial charge in [0, 0.05) is 18.1 Å². The average Bonchev–Trinajstić information content (AvgIpc) is 2.87. The fourth-order valence-corrected chi connectivity index (χ4v) is 5.66. The van der Waals surface area contributed by atoms with E-state index in [9.17, 15) is 18.0 Å². The van der Waals surface area contributed by atoms with Crippen LogP contribution in [0.2, 0.25) is 0 Å². The smallest absolute Gasteiger partial charge is 0.264 e. The van der Waals surface area contributed by atoms with Gasteiger partial charge in [-0.1, -0.05) is 76.9 Å². The molecule has 0 saturated heterocycles. The number of likely N-dealkylation sites (N-methyl/N-ethyl adjacent to an activating group) is 1. The van der Waals surface area contributed by atoms with Gasteiger partial charge < -0.3 is 10.2 Å². The van der Waals surface area contributed by atoms with E-state index in [4.69, 9.17) is 0 Å². The molecule has 0 fully saturated rings. The minimum atomic E-state index is -4.08. The maximum atomic E-state index is 13.8. The van der Waals surface area contributed by atoms with Gasteiger partial charge >= 0.3 is 0 Å². The van der Waals surface area contributed by atoms with Crippen molar-refractivity contribution in [1.82, 2.24) is 10.2 Å². The van der Waals surface area contributed by atoms with E-state index in [2.05, 4.69) is 21.2 Å². The number of amides is 2. The summed E-state index contributed by atoms with van der Waals surface area (Å²) in [6, 6.07) is 21.8. The molecule has 0 aliphatic heterocycles. The third-order valence-corrected chi connectivity index (χ3v) is 8.09. The molecule has 0 spiro atoms. The SMILES string of the molecule is CC[C@@H](C(=O)NC)N(Cc1ccccc1)C(=O)CN(c1cccc(Br)c1)S(=O)(=O)c1ccc(C)cc1. The highest BCUT2D eigenvalue weighted by Gasteiger charge is 2.33. The normalized spacial score (nSPS) is 12.0. The second-order valence-electron chi connectivity index (χ2n) is 8.35. The second-order valence-corrected chi connectivity index (χ2v) is 11.1. The summed E-state index contributed by atoms with van der Waals surface area (Å²) in [6.45, 7) is 3.40. The first-order valence-electron chi connectivity index (χ1n) is 11.6. The van der Waals surface area contributed by atoms with Gasteiger partial charge in [0.05, 0.1) is 10.6 Å². The van der Waals surface area contributed by atoms with Gasteiger partial charge in [0.25, 0.3) is 10.0 Å². The van der Waals surface area contributed by atoms with Crippen molar-refractivity contribution in [3.05, 3.63) is 94.5 Å². The topological polar surface area (TPSA) is 86.8 Å². The van der Waals surface area contributed by atoms with Gasteiger partial charge in [0.2, 0.25) is 11.8 Å². The van der Waals surface area contributed by atoms with Gasteiger partial charge in [0.15, 0.2) is 0 Å². The highest BCUT2D eigenvalue weighted by molar-refractivity contribution is 9.10. The fraction of sp³-hybridized carbons (Fsp3) is 0.259.